The molecule has 0 radical (unpaired) electrons. The van der Waals surface area contributed by atoms with Crippen LogP contribution in [-0.2, 0) is 9.47 Å². The molecule has 0 saturated heterocycles. The number of carbonyl (C=O) groups is 1. The van der Waals surface area contributed by atoms with Crippen LogP contribution >= 0.6 is 15.9 Å². The Hall–Kier alpha value is -1.07. The number of nitrogens with two attached hydrogens (primary N) is 1. The fraction of sp³-hybridized carbons (Fsp3) is 0.300. The van der Waals surface area contributed by atoms with Gasteiger partial charge in [0, 0.05) is 17.3 Å². The van der Waals surface area contributed by atoms with Crippen LogP contribution < -0.4 is 5.73 Å². The maximum absolute atomic E-state index is 11.5. The minimum Gasteiger partial charge on any atom is -0.460 e. The van der Waals surface area contributed by atoms with E-state index >= 15 is 0 Å². The third-order valence-corrected chi connectivity index (χ3v) is 2.42. The maximum atomic E-state index is 11.5. The number of hydrogen-bond acceptors (Lipinski definition) is 4. The molecule has 5 heteroatoms. The largest absolute Gasteiger partial charge is 0.460 e. The van der Waals surface area contributed by atoms with Crippen LogP contribution in [0.15, 0.2) is 22.7 Å². The predicted octanol–water partition coefficient (Wildman–Crippen LogP) is 1.83. The van der Waals surface area contributed by atoms with Crippen molar-refractivity contribution in [2.75, 3.05) is 26.1 Å². The van der Waals surface area contributed by atoms with Crippen molar-refractivity contribution in [2.45, 2.75) is 0 Å². The minimum absolute atomic E-state index is 0.233. The van der Waals surface area contributed by atoms with Gasteiger partial charge < -0.3 is 15.2 Å². The molecule has 1 aromatic rings. The van der Waals surface area contributed by atoms with E-state index in [1.807, 2.05) is 0 Å². The van der Waals surface area contributed by atoms with Crippen molar-refractivity contribution >= 4 is 27.6 Å². The van der Waals surface area contributed by atoms with Gasteiger partial charge in [-0.15, -0.1) is 0 Å². The molecule has 0 fully saturated rings. The number of ether oxygens (including phenoxy) is 2. The van der Waals surface area contributed by atoms with E-state index in [0.717, 1.165) is 0 Å². The van der Waals surface area contributed by atoms with E-state index in [4.69, 9.17) is 15.2 Å². The van der Waals surface area contributed by atoms with Crippen molar-refractivity contribution in [3.63, 3.8) is 0 Å². The van der Waals surface area contributed by atoms with Crippen LogP contribution in [0.2, 0.25) is 0 Å². The molecule has 0 unspecified atom stereocenters. The summed E-state index contributed by atoms with van der Waals surface area (Å²) in [5, 5.41) is 0. The molecule has 15 heavy (non-hydrogen) atoms. The number of hydrogen-bond donors (Lipinski definition) is 1. The Balaban J connectivity index is 2.68. The van der Waals surface area contributed by atoms with E-state index in [9.17, 15) is 4.79 Å². The van der Waals surface area contributed by atoms with Crippen molar-refractivity contribution in [1.82, 2.24) is 0 Å². The molecule has 0 heterocycles. The van der Waals surface area contributed by atoms with E-state index < -0.39 is 5.97 Å². The number of nitrogen functional groups attached to an aromatic ring is 1. The van der Waals surface area contributed by atoms with Gasteiger partial charge in [0.1, 0.15) is 6.61 Å². The standard InChI is InChI=1S/C10H12BrNO3/c1-14-4-5-15-10(13)8-6-7(12)2-3-9(8)11/h2-3,6H,4-5,12H2,1H3. The van der Waals surface area contributed by atoms with Crippen LogP contribution in [0.1, 0.15) is 10.4 Å². The molecule has 0 aliphatic carbocycles. The van der Waals surface area contributed by atoms with Crippen LogP contribution in [0.4, 0.5) is 5.69 Å². The lowest BCUT2D eigenvalue weighted by molar-refractivity contribution is 0.0387. The molecule has 1 aromatic carbocycles. The van der Waals surface area contributed by atoms with E-state index in [-0.39, 0.29) is 6.61 Å². The number of rotatable bonds is 4. The maximum Gasteiger partial charge on any atom is 0.339 e. The Morgan fingerprint density at radius 3 is 2.87 bits per heavy atom. The number of halogens is 1. The number of methoxy groups -OCH3 is 1. The smallest absolute Gasteiger partial charge is 0.339 e. The van der Waals surface area contributed by atoms with Crippen molar-refractivity contribution in [2.24, 2.45) is 0 Å². The van der Waals surface area contributed by atoms with Crippen LogP contribution in [0.3, 0.4) is 0 Å². The number of benzene rings is 1. The quantitative estimate of drug-likeness (QED) is 0.517. The fourth-order valence-corrected chi connectivity index (χ4v) is 1.40. The predicted molar refractivity (Wildman–Crippen MR) is 60.7 cm³/mol. The zero-order chi connectivity index (χ0) is 11.3. The van der Waals surface area contributed by atoms with Crippen LogP contribution in [0.5, 0.6) is 0 Å². The minimum atomic E-state index is -0.411. The van der Waals surface area contributed by atoms with Crippen molar-refractivity contribution in [3.05, 3.63) is 28.2 Å². The third kappa shape index (κ3) is 3.53. The Bertz CT molecular complexity index is 355. The Kier molecular flexibility index (Phi) is 4.58. The molecule has 0 aliphatic heterocycles. The average Bonchev–Trinajstić information content (AvgIpc) is 2.22. The van der Waals surface area contributed by atoms with Gasteiger partial charge in [0.2, 0.25) is 0 Å². The lowest BCUT2D eigenvalue weighted by atomic mass is 10.2. The summed E-state index contributed by atoms with van der Waals surface area (Å²) in [6.45, 7) is 0.613. The Morgan fingerprint density at radius 1 is 1.47 bits per heavy atom. The zero-order valence-electron chi connectivity index (χ0n) is 8.33. The Labute approximate surface area is 96.5 Å². The SMILES string of the molecule is COCCOC(=O)c1cc(N)ccc1Br. The van der Waals surface area contributed by atoms with Gasteiger partial charge >= 0.3 is 5.97 Å². The number of anilines is 1. The number of esters is 1. The molecule has 4 nitrogen and oxygen atoms in total. The molecular formula is C10H12BrNO3. The van der Waals surface area contributed by atoms with Gasteiger partial charge in [0.15, 0.2) is 0 Å². The second-order valence-electron chi connectivity index (χ2n) is 2.87. The van der Waals surface area contributed by atoms with E-state index in [0.29, 0.717) is 22.3 Å². The first kappa shape index (κ1) is 12.0. The molecule has 82 valence electrons. The van der Waals surface area contributed by atoms with Crippen LogP contribution in [-0.4, -0.2) is 26.3 Å². The monoisotopic (exact) mass is 273 g/mol. The fourth-order valence-electron chi connectivity index (χ4n) is 0.995. The summed E-state index contributed by atoms with van der Waals surface area (Å²) < 4.78 is 10.4. The van der Waals surface area contributed by atoms with Gasteiger partial charge in [-0.2, -0.15) is 0 Å². The molecular weight excluding hydrogens is 262 g/mol. The van der Waals surface area contributed by atoms with E-state index in [1.165, 1.54) is 0 Å². The summed E-state index contributed by atoms with van der Waals surface area (Å²) in [6.07, 6.45) is 0. The van der Waals surface area contributed by atoms with E-state index in [1.54, 1.807) is 25.3 Å². The summed E-state index contributed by atoms with van der Waals surface area (Å²) in [5.74, 6) is -0.411. The topological polar surface area (TPSA) is 61.5 Å². The third-order valence-electron chi connectivity index (χ3n) is 1.73. The summed E-state index contributed by atoms with van der Waals surface area (Å²) in [7, 11) is 1.55. The van der Waals surface area contributed by atoms with Crippen LogP contribution in [0.25, 0.3) is 0 Å². The summed E-state index contributed by atoms with van der Waals surface area (Å²) in [5.41, 5.74) is 6.51. The summed E-state index contributed by atoms with van der Waals surface area (Å²) in [6, 6.07) is 4.98. The summed E-state index contributed by atoms with van der Waals surface area (Å²) >= 11 is 3.25. The van der Waals surface area contributed by atoms with Gasteiger partial charge in [-0.3, -0.25) is 0 Å². The highest BCUT2D eigenvalue weighted by Crippen LogP contribution is 2.20. The Morgan fingerprint density at radius 2 is 2.20 bits per heavy atom. The first-order chi connectivity index (χ1) is 7.15. The van der Waals surface area contributed by atoms with Gasteiger partial charge in [-0.1, -0.05) is 0 Å². The van der Waals surface area contributed by atoms with Crippen molar-refractivity contribution < 1.29 is 14.3 Å². The highest BCUT2D eigenvalue weighted by Gasteiger charge is 2.11. The van der Waals surface area contributed by atoms with Crippen molar-refractivity contribution in [1.29, 1.82) is 0 Å². The lowest BCUT2D eigenvalue weighted by Gasteiger charge is -2.06. The van der Waals surface area contributed by atoms with Gasteiger partial charge in [0.05, 0.1) is 12.2 Å². The lowest BCUT2D eigenvalue weighted by Crippen LogP contribution is -2.10. The van der Waals surface area contributed by atoms with Gasteiger partial charge in [-0.05, 0) is 34.1 Å². The van der Waals surface area contributed by atoms with E-state index in [2.05, 4.69) is 15.9 Å². The molecule has 0 aliphatic rings. The first-order valence-electron chi connectivity index (χ1n) is 4.36. The zero-order valence-corrected chi connectivity index (χ0v) is 9.91. The number of carbonyl (C=O) groups excluding carboxylic acids is 1. The molecule has 0 aromatic heterocycles. The highest BCUT2D eigenvalue weighted by atomic mass is 79.9. The second kappa shape index (κ2) is 5.72. The molecule has 0 saturated carbocycles. The van der Waals surface area contributed by atoms with Crippen molar-refractivity contribution in [3.8, 4) is 0 Å². The highest BCUT2D eigenvalue weighted by molar-refractivity contribution is 9.10. The average molecular weight is 274 g/mol. The summed E-state index contributed by atoms with van der Waals surface area (Å²) in [4.78, 5) is 11.5. The van der Waals surface area contributed by atoms with Gasteiger partial charge in [0.25, 0.3) is 0 Å². The van der Waals surface area contributed by atoms with Gasteiger partial charge in [-0.25, -0.2) is 4.79 Å². The molecule has 0 spiro atoms. The molecule has 0 amide bonds. The van der Waals surface area contributed by atoms with Crippen LogP contribution in [0, 0.1) is 0 Å². The second-order valence-corrected chi connectivity index (χ2v) is 3.72. The first-order valence-corrected chi connectivity index (χ1v) is 5.15. The molecule has 0 bridgehead atoms. The molecule has 1 rings (SSSR count). The molecule has 0 atom stereocenters. The normalized spacial score (nSPS) is 10.0. The molecule has 2 N–H and O–H groups in total.